The molecule has 2 aromatic carbocycles. The van der Waals surface area contributed by atoms with Crippen LogP contribution in [0.15, 0.2) is 53.0 Å². The van der Waals surface area contributed by atoms with Gasteiger partial charge in [0.1, 0.15) is 17.5 Å². The molecular weight excluding hydrogens is 472 g/mol. The molecule has 1 saturated carbocycles. The van der Waals surface area contributed by atoms with Crippen molar-refractivity contribution in [1.82, 2.24) is 10.2 Å². The zero-order chi connectivity index (χ0) is 22.9. The van der Waals surface area contributed by atoms with Gasteiger partial charge in [-0.25, -0.2) is 0 Å². The number of ether oxygens (including phenoxy) is 2. The second-order valence-electron chi connectivity index (χ2n) is 8.13. The van der Waals surface area contributed by atoms with Crippen molar-refractivity contribution >= 4 is 27.7 Å². The van der Waals surface area contributed by atoms with E-state index < -0.39 is 6.04 Å². The number of rotatable bonds is 9. The van der Waals surface area contributed by atoms with Crippen LogP contribution >= 0.6 is 15.9 Å². The van der Waals surface area contributed by atoms with Crippen molar-refractivity contribution in [2.24, 2.45) is 0 Å². The Bertz CT molecular complexity index is 880. The van der Waals surface area contributed by atoms with Gasteiger partial charge in [0.05, 0.1) is 7.11 Å². The average molecular weight is 503 g/mol. The topological polar surface area (TPSA) is 67.9 Å². The van der Waals surface area contributed by atoms with E-state index >= 15 is 0 Å². The van der Waals surface area contributed by atoms with E-state index in [2.05, 4.69) is 21.2 Å². The van der Waals surface area contributed by atoms with Gasteiger partial charge in [0, 0.05) is 17.1 Å². The third-order valence-electron chi connectivity index (χ3n) is 5.81. The Balaban J connectivity index is 1.68. The van der Waals surface area contributed by atoms with E-state index in [1.54, 1.807) is 43.2 Å². The fraction of sp³-hybridized carbons (Fsp3) is 0.440. The number of carbonyl (C=O) groups is 2. The van der Waals surface area contributed by atoms with Crippen molar-refractivity contribution in [2.45, 2.75) is 57.7 Å². The quantitative estimate of drug-likeness (QED) is 0.539. The minimum atomic E-state index is -0.604. The summed E-state index contributed by atoms with van der Waals surface area (Å²) in [6.45, 7) is 1.96. The molecule has 32 heavy (non-hydrogen) atoms. The molecule has 1 atom stereocenters. The predicted molar refractivity (Wildman–Crippen MR) is 128 cm³/mol. The maximum Gasteiger partial charge on any atom is 0.261 e. The highest BCUT2D eigenvalue weighted by molar-refractivity contribution is 9.10. The molecule has 6 nitrogen and oxygen atoms in total. The zero-order valence-electron chi connectivity index (χ0n) is 18.7. The van der Waals surface area contributed by atoms with E-state index in [9.17, 15) is 9.59 Å². The van der Waals surface area contributed by atoms with Crippen molar-refractivity contribution in [3.63, 3.8) is 0 Å². The number of amides is 2. The van der Waals surface area contributed by atoms with Crippen LogP contribution in [0.3, 0.4) is 0 Å². The fourth-order valence-electron chi connectivity index (χ4n) is 3.84. The summed E-state index contributed by atoms with van der Waals surface area (Å²) in [5.41, 5.74) is 0.948. The molecule has 3 rings (SSSR count). The van der Waals surface area contributed by atoms with E-state index in [4.69, 9.17) is 9.47 Å². The summed E-state index contributed by atoms with van der Waals surface area (Å²) >= 11 is 3.44. The third-order valence-corrected chi connectivity index (χ3v) is 6.34. The van der Waals surface area contributed by atoms with E-state index in [0.717, 1.165) is 35.7 Å². The first-order valence-electron chi connectivity index (χ1n) is 11.1. The smallest absolute Gasteiger partial charge is 0.261 e. The van der Waals surface area contributed by atoms with Crippen molar-refractivity contribution in [2.75, 3.05) is 13.7 Å². The summed E-state index contributed by atoms with van der Waals surface area (Å²) < 4.78 is 11.8. The summed E-state index contributed by atoms with van der Waals surface area (Å²) in [4.78, 5) is 27.7. The Morgan fingerprint density at radius 1 is 1.03 bits per heavy atom. The Kier molecular flexibility index (Phi) is 8.97. The molecule has 1 unspecified atom stereocenters. The van der Waals surface area contributed by atoms with E-state index in [0.29, 0.717) is 18.0 Å². The number of benzene rings is 2. The number of nitrogens with zero attached hydrogens (tertiary/aromatic N) is 1. The van der Waals surface area contributed by atoms with Crippen molar-refractivity contribution in [3.8, 4) is 11.5 Å². The van der Waals surface area contributed by atoms with Gasteiger partial charge in [0.25, 0.3) is 5.91 Å². The van der Waals surface area contributed by atoms with Gasteiger partial charge in [0.15, 0.2) is 6.61 Å². The Labute approximate surface area is 198 Å². The van der Waals surface area contributed by atoms with Gasteiger partial charge in [-0.15, -0.1) is 0 Å². The van der Waals surface area contributed by atoms with E-state index in [1.165, 1.54) is 6.42 Å². The Hall–Kier alpha value is -2.54. The van der Waals surface area contributed by atoms with Gasteiger partial charge in [-0.05, 0) is 61.7 Å². The lowest BCUT2D eigenvalue weighted by Gasteiger charge is -2.31. The molecule has 0 aromatic heterocycles. The number of halogens is 1. The van der Waals surface area contributed by atoms with Gasteiger partial charge >= 0.3 is 0 Å². The molecule has 7 heteroatoms. The van der Waals surface area contributed by atoms with Gasteiger partial charge in [-0.2, -0.15) is 0 Å². The SMILES string of the molecule is COc1ccc(OCC(=O)N(Cc2ccc(Br)cc2)C(C)C(=O)NC2CCCCC2)cc1. The zero-order valence-corrected chi connectivity index (χ0v) is 20.3. The molecule has 2 aromatic rings. The normalized spacial score (nSPS) is 15.0. The van der Waals surface area contributed by atoms with Gasteiger partial charge in [-0.1, -0.05) is 47.3 Å². The molecule has 0 heterocycles. The number of methoxy groups -OCH3 is 1. The minimum absolute atomic E-state index is 0.119. The van der Waals surface area contributed by atoms with Crippen LogP contribution in [-0.4, -0.2) is 42.5 Å². The van der Waals surface area contributed by atoms with E-state index in [1.807, 2.05) is 24.3 Å². The van der Waals surface area contributed by atoms with Crippen LogP contribution in [0, 0.1) is 0 Å². The second kappa shape index (κ2) is 11.9. The van der Waals surface area contributed by atoms with Crippen LogP contribution in [0.5, 0.6) is 11.5 Å². The molecule has 2 amide bonds. The first-order chi connectivity index (χ1) is 15.5. The first kappa shape index (κ1) is 24.1. The van der Waals surface area contributed by atoms with Crippen LogP contribution in [-0.2, 0) is 16.1 Å². The summed E-state index contributed by atoms with van der Waals surface area (Å²) in [5, 5.41) is 3.14. The maximum absolute atomic E-state index is 13.1. The van der Waals surface area contributed by atoms with Crippen LogP contribution in [0.1, 0.15) is 44.6 Å². The molecule has 0 radical (unpaired) electrons. The molecule has 0 spiro atoms. The molecular formula is C25H31BrN2O4. The third kappa shape index (κ3) is 6.99. The predicted octanol–water partition coefficient (Wildman–Crippen LogP) is 4.70. The van der Waals surface area contributed by atoms with Gasteiger partial charge in [0.2, 0.25) is 5.91 Å². The summed E-state index contributed by atoms with van der Waals surface area (Å²) in [6.07, 6.45) is 5.49. The molecule has 172 valence electrons. The lowest BCUT2D eigenvalue weighted by molar-refractivity contribution is -0.142. The van der Waals surface area contributed by atoms with Crippen LogP contribution in [0.2, 0.25) is 0 Å². The van der Waals surface area contributed by atoms with E-state index in [-0.39, 0.29) is 24.5 Å². The molecule has 1 N–H and O–H groups in total. The van der Waals surface area contributed by atoms with Crippen LogP contribution < -0.4 is 14.8 Å². The molecule has 1 fully saturated rings. The monoisotopic (exact) mass is 502 g/mol. The Morgan fingerprint density at radius 2 is 1.66 bits per heavy atom. The van der Waals surface area contributed by atoms with Gasteiger partial charge in [-0.3, -0.25) is 9.59 Å². The highest BCUT2D eigenvalue weighted by Gasteiger charge is 2.28. The van der Waals surface area contributed by atoms with Crippen molar-refractivity contribution < 1.29 is 19.1 Å². The van der Waals surface area contributed by atoms with Gasteiger partial charge < -0.3 is 19.7 Å². The number of nitrogens with one attached hydrogen (secondary N) is 1. The number of hydrogen-bond donors (Lipinski definition) is 1. The van der Waals surface area contributed by atoms with Crippen molar-refractivity contribution in [3.05, 3.63) is 58.6 Å². The molecule has 1 aliphatic rings. The summed E-state index contributed by atoms with van der Waals surface area (Å²) in [6, 6.07) is 14.4. The highest BCUT2D eigenvalue weighted by atomic mass is 79.9. The lowest BCUT2D eigenvalue weighted by atomic mass is 9.95. The fourth-order valence-corrected chi connectivity index (χ4v) is 4.10. The molecule has 0 bridgehead atoms. The van der Waals surface area contributed by atoms with Crippen LogP contribution in [0.25, 0.3) is 0 Å². The number of hydrogen-bond acceptors (Lipinski definition) is 4. The molecule has 1 aliphatic carbocycles. The maximum atomic E-state index is 13.1. The highest BCUT2D eigenvalue weighted by Crippen LogP contribution is 2.20. The van der Waals surface area contributed by atoms with Crippen LogP contribution in [0.4, 0.5) is 0 Å². The van der Waals surface area contributed by atoms with Crippen molar-refractivity contribution in [1.29, 1.82) is 0 Å². The summed E-state index contributed by atoms with van der Waals surface area (Å²) in [7, 11) is 1.60. The Morgan fingerprint density at radius 3 is 2.28 bits per heavy atom. The standard InChI is InChI=1S/C25H31BrN2O4/c1-18(25(30)27-21-6-4-3-5-7-21)28(16-19-8-10-20(26)11-9-19)24(29)17-32-23-14-12-22(31-2)13-15-23/h8-15,18,21H,3-7,16-17H2,1-2H3,(H,27,30). The second-order valence-corrected chi connectivity index (χ2v) is 9.05. The lowest BCUT2D eigenvalue weighted by Crippen LogP contribution is -2.51. The molecule has 0 aliphatic heterocycles. The minimum Gasteiger partial charge on any atom is -0.497 e. The average Bonchev–Trinajstić information content (AvgIpc) is 2.82. The number of carbonyl (C=O) groups excluding carboxylic acids is 2. The first-order valence-corrected chi connectivity index (χ1v) is 11.9. The summed E-state index contributed by atoms with van der Waals surface area (Å²) in [5.74, 6) is 0.928. The molecule has 0 saturated heterocycles. The largest absolute Gasteiger partial charge is 0.497 e.